The second-order valence-electron chi connectivity index (χ2n) is 3.68. The molecule has 0 saturated carbocycles. The van der Waals surface area contributed by atoms with Crippen LogP contribution in [-0.2, 0) is 15.1 Å². The molecule has 15 heavy (non-hydrogen) atoms. The van der Waals surface area contributed by atoms with Crippen molar-refractivity contribution < 1.29 is 9.53 Å². The van der Waals surface area contributed by atoms with Gasteiger partial charge in [-0.15, -0.1) is 0 Å². The zero-order chi connectivity index (χ0) is 11.5. The number of hydrogen-bond donors (Lipinski definition) is 0. The average Bonchev–Trinajstić information content (AvgIpc) is 2.17. The first kappa shape index (κ1) is 12.1. The number of halogens is 1. The minimum absolute atomic E-state index is 0.269. The molecule has 1 aromatic carbocycles. The Hall–Kier alpha value is -1.02. The number of carbonyl (C=O) groups excluding carboxylic acids is 1. The van der Waals surface area contributed by atoms with E-state index in [-0.39, 0.29) is 5.97 Å². The summed E-state index contributed by atoms with van der Waals surface area (Å²) in [5.41, 5.74) is 0.403. The number of benzene rings is 1. The number of carbonyl (C=O) groups is 1. The topological polar surface area (TPSA) is 26.3 Å². The SMILES string of the molecule is CCC(C)(OC(C)=O)c1ccc(Cl)cc1. The second kappa shape index (κ2) is 4.67. The molecule has 0 aromatic heterocycles. The van der Waals surface area contributed by atoms with Crippen molar-refractivity contribution in [2.45, 2.75) is 32.8 Å². The van der Waals surface area contributed by atoms with Gasteiger partial charge in [0.15, 0.2) is 0 Å². The van der Waals surface area contributed by atoms with Gasteiger partial charge in [0.1, 0.15) is 5.60 Å². The Morgan fingerprint density at radius 1 is 1.40 bits per heavy atom. The molecular weight excluding hydrogens is 212 g/mol. The van der Waals surface area contributed by atoms with E-state index in [1.807, 2.05) is 26.0 Å². The fourth-order valence-electron chi connectivity index (χ4n) is 1.45. The average molecular weight is 227 g/mol. The summed E-state index contributed by atoms with van der Waals surface area (Å²) >= 11 is 5.80. The fraction of sp³-hybridized carbons (Fsp3) is 0.417. The quantitative estimate of drug-likeness (QED) is 0.737. The first-order chi connectivity index (χ1) is 6.98. The van der Waals surface area contributed by atoms with Gasteiger partial charge in [-0.05, 0) is 31.0 Å². The van der Waals surface area contributed by atoms with Crippen molar-refractivity contribution in [1.29, 1.82) is 0 Å². The predicted octanol–water partition coefficient (Wildman–Crippen LogP) is 3.53. The van der Waals surface area contributed by atoms with Crippen molar-refractivity contribution in [2.24, 2.45) is 0 Å². The van der Waals surface area contributed by atoms with Gasteiger partial charge in [0.25, 0.3) is 0 Å². The number of hydrogen-bond acceptors (Lipinski definition) is 2. The molecule has 0 aliphatic carbocycles. The van der Waals surface area contributed by atoms with Crippen molar-refractivity contribution in [2.75, 3.05) is 0 Å². The van der Waals surface area contributed by atoms with E-state index in [0.29, 0.717) is 5.02 Å². The molecule has 0 fully saturated rings. The normalized spacial score (nSPS) is 14.4. The van der Waals surface area contributed by atoms with Crippen molar-refractivity contribution in [3.63, 3.8) is 0 Å². The first-order valence-corrected chi connectivity index (χ1v) is 5.31. The molecule has 1 aromatic rings. The molecule has 0 bridgehead atoms. The van der Waals surface area contributed by atoms with E-state index in [1.165, 1.54) is 6.92 Å². The molecule has 0 aliphatic rings. The Morgan fingerprint density at radius 2 is 1.93 bits per heavy atom. The molecule has 2 nitrogen and oxygen atoms in total. The number of ether oxygens (including phenoxy) is 1. The van der Waals surface area contributed by atoms with E-state index in [4.69, 9.17) is 16.3 Å². The van der Waals surface area contributed by atoms with Gasteiger partial charge in [0.2, 0.25) is 0 Å². The van der Waals surface area contributed by atoms with Crippen LogP contribution in [-0.4, -0.2) is 5.97 Å². The van der Waals surface area contributed by atoms with Crippen LogP contribution in [0.15, 0.2) is 24.3 Å². The monoisotopic (exact) mass is 226 g/mol. The van der Waals surface area contributed by atoms with Gasteiger partial charge in [0.05, 0.1) is 0 Å². The van der Waals surface area contributed by atoms with Gasteiger partial charge >= 0.3 is 5.97 Å². The molecule has 0 spiro atoms. The van der Waals surface area contributed by atoms with E-state index in [0.717, 1.165) is 12.0 Å². The predicted molar refractivity (Wildman–Crippen MR) is 60.9 cm³/mol. The highest BCUT2D eigenvalue weighted by atomic mass is 35.5. The van der Waals surface area contributed by atoms with Gasteiger partial charge in [-0.3, -0.25) is 4.79 Å². The lowest BCUT2D eigenvalue weighted by Crippen LogP contribution is -2.27. The van der Waals surface area contributed by atoms with Crippen LogP contribution in [0.2, 0.25) is 5.02 Å². The summed E-state index contributed by atoms with van der Waals surface area (Å²) in [4.78, 5) is 11.0. The lowest BCUT2D eigenvalue weighted by Gasteiger charge is -2.28. The lowest BCUT2D eigenvalue weighted by molar-refractivity contribution is -0.156. The van der Waals surface area contributed by atoms with Crippen molar-refractivity contribution >= 4 is 17.6 Å². The molecule has 0 amide bonds. The molecule has 1 rings (SSSR count). The molecule has 82 valence electrons. The molecule has 0 aliphatic heterocycles. The Bertz CT molecular complexity index is 345. The Kier molecular flexibility index (Phi) is 3.75. The van der Waals surface area contributed by atoms with Crippen LogP contribution < -0.4 is 0 Å². The van der Waals surface area contributed by atoms with Gasteiger partial charge < -0.3 is 4.74 Å². The highest BCUT2D eigenvalue weighted by molar-refractivity contribution is 6.30. The third kappa shape index (κ3) is 2.96. The maximum atomic E-state index is 11.0. The summed E-state index contributed by atoms with van der Waals surface area (Å²) in [6.45, 7) is 5.30. The Balaban J connectivity index is 3.00. The van der Waals surface area contributed by atoms with Gasteiger partial charge in [0, 0.05) is 11.9 Å². The molecule has 1 atom stereocenters. The zero-order valence-electron chi connectivity index (χ0n) is 9.21. The molecular formula is C12H15ClO2. The van der Waals surface area contributed by atoms with Gasteiger partial charge in [-0.1, -0.05) is 30.7 Å². The van der Waals surface area contributed by atoms with E-state index >= 15 is 0 Å². The summed E-state index contributed by atoms with van der Waals surface area (Å²) in [5.74, 6) is -0.269. The van der Waals surface area contributed by atoms with Crippen LogP contribution in [0.4, 0.5) is 0 Å². The van der Waals surface area contributed by atoms with E-state index in [2.05, 4.69) is 0 Å². The van der Waals surface area contributed by atoms with Crippen molar-refractivity contribution in [1.82, 2.24) is 0 Å². The van der Waals surface area contributed by atoms with Crippen LogP contribution in [0.3, 0.4) is 0 Å². The fourth-order valence-corrected chi connectivity index (χ4v) is 1.58. The summed E-state index contributed by atoms with van der Waals surface area (Å²) in [5, 5.41) is 0.681. The van der Waals surface area contributed by atoms with Crippen molar-refractivity contribution in [3.05, 3.63) is 34.9 Å². The zero-order valence-corrected chi connectivity index (χ0v) is 9.97. The Morgan fingerprint density at radius 3 is 2.33 bits per heavy atom. The van der Waals surface area contributed by atoms with Gasteiger partial charge in [-0.25, -0.2) is 0 Å². The van der Waals surface area contributed by atoms with Crippen LogP contribution in [0.25, 0.3) is 0 Å². The minimum atomic E-state index is -0.559. The third-order valence-electron chi connectivity index (χ3n) is 2.50. The summed E-state index contributed by atoms with van der Waals surface area (Å²) in [6, 6.07) is 7.37. The minimum Gasteiger partial charge on any atom is -0.455 e. The van der Waals surface area contributed by atoms with Crippen LogP contribution in [0, 0.1) is 0 Å². The largest absolute Gasteiger partial charge is 0.455 e. The first-order valence-electron chi connectivity index (χ1n) is 4.93. The molecule has 3 heteroatoms. The Labute approximate surface area is 95.2 Å². The molecule has 0 radical (unpaired) electrons. The molecule has 0 heterocycles. The highest BCUT2D eigenvalue weighted by Gasteiger charge is 2.27. The molecule has 0 saturated heterocycles. The van der Waals surface area contributed by atoms with Crippen molar-refractivity contribution in [3.8, 4) is 0 Å². The third-order valence-corrected chi connectivity index (χ3v) is 2.75. The summed E-state index contributed by atoms with van der Waals surface area (Å²) < 4.78 is 5.33. The van der Waals surface area contributed by atoms with Gasteiger partial charge in [-0.2, -0.15) is 0 Å². The van der Waals surface area contributed by atoms with Crippen LogP contribution in [0.5, 0.6) is 0 Å². The highest BCUT2D eigenvalue weighted by Crippen LogP contribution is 2.29. The summed E-state index contributed by atoms with van der Waals surface area (Å²) in [7, 11) is 0. The van der Waals surface area contributed by atoms with E-state index in [9.17, 15) is 4.79 Å². The van der Waals surface area contributed by atoms with E-state index < -0.39 is 5.60 Å². The number of esters is 1. The molecule has 0 N–H and O–H groups in total. The smallest absolute Gasteiger partial charge is 0.303 e. The number of rotatable bonds is 3. The lowest BCUT2D eigenvalue weighted by atomic mass is 9.93. The standard InChI is InChI=1S/C12H15ClO2/c1-4-12(3,15-9(2)14)10-5-7-11(13)8-6-10/h5-8H,4H2,1-3H3. The second-order valence-corrected chi connectivity index (χ2v) is 4.12. The molecule has 1 unspecified atom stereocenters. The summed E-state index contributed by atoms with van der Waals surface area (Å²) in [6.07, 6.45) is 0.730. The van der Waals surface area contributed by atoms with Crippen LogP contribution in [0.1, 0.15) is 32.8 Å². The maximum absolute atomic E-state index is 11.0. The van der Waals surface area contributed by atoms with E-state index in [1.54, 1.807) is 12.1 Å². The maximum Gasteiger partial charge on any atom is 0.303 e. The van der Waals surface area contributed by atoms with Crippen LogP contribution >= 0.6 is 11.6 Å².